The van der Waals surface area contributed by atoms with Crippen molar-refractivity contribution < 1.29 is 45.6 Å². The van der Waals surface area contributed by atoms with Gasteiger partial charge in [0.25, 0.3) is 0 Å². The quantitative estimate of drug-likeness (QED) is 0.246. The van der Waals surface area contributed by atoms with Crippen LogP contribution in [-0.4, -0.2) is 103 Å². The Morgan fingerprint density at radius 1 is 0.895 bits per heavy atom. The van der Waals surface area contributed by atoms with Crippen molar-refractivity contribution in [3.05, 3.63) is 0 Å². The van der Waals surface area contributed by atoms with Crippen LogP contribution >= 0.6 is 0 Å². The first kappa shape index (κ1) is 16.7. The zero-order chi connectivity index (χ0) is 14.7. The van der Waals surface area contributed by atoms with E-state index in [4.69, 9.17) is 14.9 Å². The lowest BCUT2D eigenvalue weighted by Gasteiger charge is -2.43. The third-order valence-electron chi connectivity index (χ3n) is 3.20. The van der Waals surface area contributed by atoms with Crippen molar-refractivity contribution in [2.75, 3.05) is 13.2 Å². The van der Waals surface area contributed by atoms with Gasteiger partial charge >= 0.3 is 0 Å². The van der Waals surface area contributed by atoms with Crippen molar-refractivity contribution in [3.63, 3.8) is 0 Å². The zero-order valence-electron chi connectivity index (χ0n) is 10.0. The fraction of sp³-hybridized carbons (Fsp3) is 1.00. The topological polar surface area (TPSA) is 171 Å². The molecule has 8 atom stereocenters. The van der Waals surface area contributed by atoms with E-state index in [0.29, 0.717) is 0 Å². The molecule has 1 aliphatic heterocycles. The number of aliphatic hydroxyl groups is 8. The van der Waals surface area contributed by atoms with Gasteiger partial charge in [-0.3, -0.25) is 0 Å². The molecule has 0 saturated carbocycles. The van der Waals surface area contributed by atoms with Crippen LogP contribution in [0.25, 0.3) is 0 Å². The minimum absolute atomic E-state index is 0.674. The Balaban J connectivity index is 2.80. The number of hydrogen-bond donors (Lipinski definition) is 8. The van der Waals surface area contributed by atoms with Gasteiger partial charge in [0.1, 0.15) is 48.8 Å². The van der Waals surface area contributed by atoms with E-state index in [1.807, 2.05) is 0 Å². The summed E-state index contributed by atoms with van der Waals surface area (Å²) in [4.78, 5) is 0. The maximum absolute atomic E-state index is 9.75. The largest absolute Gasteiger partial charge is 0.394 e. The van der Waals surface area contributed by atoms with Gasteiger partial charge in [-0.15, -0.1) is 0 Å². The zero-order valence-corrected chi connectivity index (χ0v) is 10.0. The lowest BCUT2D eigenvalue weighted by Crippen LogP contribution is -2.64. The van der Waals surface area contributed by atoms with Crippen molar-refractivity contribution in [1.82, 2.24) is 0 Å². The van der Waals surface area contributed by atoms with E-state index in [-0.39, 0.29) is 0 Å². The molecule has 4 unspecified atom stereocenters. The first-order chi connectivity index (χ1) is 8.84. The fourth-order valence-corrected chi connectivity index (χ4v) is 1.94. The molecular formula is C10H20O9. The van der Waals surface area contributed by atoms with Gasteiger partial charge in [0, 0.05) is 0 Å². The Labute approximate surface area is 108 Å². The van der Waals surface area contributed by atoms with Gasteiger partial charge in [0.2, 0.25) is 0 Å². The summed E-state index contributed by atoms with van der Waals surface area (Å²) in [5, 5.41) is 74.7. The monoisotopic (exact) mass is 284 g/mol. The summed E-state index contributed by atoms with van der Waals surface area (Å²) in [5.74, 6) is 0. The highest BCUT2D eigenvalue weighted by Gasteiger charge is 2.48. The highest BCUT2D eigenvalue weighted by molar-refractivity contribution is 4.97. The van der Waals surface area contributed by atoms with Crippen LogP contribution in [0.15, 0.2) is 0 Å². The summed E-state index contributed by atoms with van der Waals surface area (Å²) in [6, 6.07) is 0. The minimum Gasteiger partial charge on any atom is -0.394 e. The average molecular weight is 284 g/mol. The van der Waals surface area contributed by atoms with Crippen LogP contribution in [0.3, 0.4) is 0 Å². The predicted octanol–water partition coefficient (Wildman–Crippen LogP) is -5.10. The number of aliphatic hydroxyl groups excluding tert-OH is 8. The molecule has 1 fully saturated rings. The molecular weight excluding hydrogens is 264 g/mol. The van der Waals surface area contributed by atoms with E-state index < -0.39 is 62.0 Å². The van der Waals surface area contributed by atoms with Crippen LogP contribution in [0.4, 0.5) is 0 Å². The van der Waals surface area contributed by atoms with Crippen molar-refractivity contribution in [3.8, 4) is 0 Å². The summed E-state index contributed by atoms with van der Waals surface area (Å²) in [6.45, 7) is -1.50. The molecule has 9 nitrogen and oxygen atoms in total. The lowest BCUT2D eigenvalue weighted by atomic mass is 9.89. The van der Waals surface area contributed by atoms with Gasteiger partial charge in [0.15, 0.2) is 0 Å². The molecule has 0 aromatic carbocycles. The van der Waals surface area contributed by atoms with Gasteiger partial charge in [-0.1, -0.05) is 0 Å². The molecule has 0 radical (unpaired) electrons. The maximum atomic E-state index is 9.75. The van der Waals surface area contributed by atoms with E-state index in [1.165, 1.54) is 0 Å². The van der Waals surface area contributed by atoms with Gasteiger partial charge in [-0.05, 0) is 0 Å². The molecule has 1 heterocycles. The van der Waals surface area contributed by atoms with E-state index in [0.717, 1.165) is 0 Å². The van der Waals surface area contributed by atoms with Gasteiger partial charge in [-0.2, -0.15) is 0 Å². The molecule has 0 aliphatic carbocycles. The van der Waals surface area contributed by atoms with Crippen LogP contribution in [0.2, 0.25) is 0 Å². The smallest absolute Gasteiger partial charge is 0.115 e. The van der Waals surface area contributed by atoms with Gasteiger partial charge in [0.05, 0.1) is 13.2 Å². The maximum Gasteiger partial charge on any atom is 0.115 e. The molecule has 0 bridgehead atoms. The Morgan fingerprint density at radius 2 is 1.47 bits per heavy atom. The standard InChI is InChI=1S/C10H20O9/c11-1-3(13)5(14)8(17)10-9(18)7(16)6(15)4(2-12)19-10/h3-18H,1-2H2/t3?,4-,5?,6-,7+,8?,9+,10?/m1/s1. The Bertz CT molecular complexity index is 274. The van der Waals surface area contributed by atoms with Crippen LogP contribution in [0.5, 0.6) is 0 Å². The molecule has 0 spiro atoms. The summed E-state index contributed by atoms with van der Waals surface area (Å²) < 4.78 is 5.00. The summed E-state index contributed by atoms with van der Waals surface area (Å²) >= 11 is 0. The third kappa shape index (κ3) is 3.40. The molecule has 8 N–H and O–H groups in total. The molecule has 19 heavy (non-hydrogen) atoms. The van der Waals surface area contributed by atoms with Crippen molar-refractivity contribution >= 4 is 0 Å². The van der Waals surface area contributed by atoms with Crippen LogP contribution < -0.4 is 0 Å². The van der Waals surface area contributed by atoms with Crippen molar-refractivity contribution in [1.29, 1.82) is 0 Å². The summed E-state index contributed by atoms with van der Waals surface area (Å²) in [6.07, 6.45) is -13.1. The van der Waals surface area contributed by atoms with E-state index >= 15 is 0 Å². The fourth-order valence-electron chi connectivity index (χ4n) is 1.94. The first-order valence-corrected chi connectivity index (χ1v) is 5.80. The van der Waals surface area contributed by atoms with E-state index in [2.05, 4.69) is 0 Å². The van der Waals surface area contributed by atoms with Gasteiger partial charge < -0.3 is 45.6 Å². The molecule has 0 amide bonds. The average Bonchev–Trinajstić information content (AvgIpc) is 2.42. The molecule has 114 valence electrons. The van der Waals surface area contributed by atoms with Crippen LogP contribution in [0.1, 0.15) is 0 Å². The number of hydrogen-bond acceptors (Lipinski definition) is 9. The molecule has 0 aromatic heterocycles. The van der Waals surface area contributed by atoms with Crippen molar-refractivity contribution in [2.24, 2.45) is 0 Å². The third-order valence-corrected chi connectivity index (χ3v) is 3.20. The normalized spacial score (nSPS) is 40.7. The second-order valence-corrected chi connectivity index (χ2v) is 4.52. The van der Waals surface area contributed by atoms with Crippen LogP contribution in [-0.2, 0) is 4.74 Å². The highest BCUT2D eigenvalue weighted by atomic mass is 16.6. The molecule has 0 aromatic rings. The van der Waals surface area contributed by atoms with Gasteiger partial charge in [-0.25, -0.2) is 0 Å². The summed E-state index contributed by atoms with van der Waals surface area (Å²) in [7, 11) is 0. The van der Waals surface area contributed by atoms with E-state index in [9.17, 15) is 30.6 Å². The van der Waals surface area contributed by atoms with Crippen molar-refractivity contribution in [2.45, 2.75) is 48.8 Å². The molecule has 1 saturated heterocycles. The molecule has 1 rings (SSSR count). The SMILES string of the molecule is OCC(O)C(O)C(O)C1O[C@H](CO)[C@@H](O)[C@H](O)[C@@H]1O. The molecule has 9 heteroatoms. The Hall–Kier alpha value is -0.360. The Kier molecular flexibility index (Phi) is 6.05. The second kappa shape index (κ2) is 6.88. The minimum atomic E-state index is -1.83. The predicted molar refractivity (Wildman–Crippen MR) is 58.9 cm³/mol. The summed E-state index contributed by atoms with van der Waals surface area (Å²) in [5.41, 5.74) is 0. The Morgan fingerprint density at radius 3 is 1.95 bits per heavy atom. The first-order valence-electron chi connectivity index (χ1n) is 5.80. The molecule has 1 aliphatic rings. The number of rotatable bonds is 5. The lowest BCUT2D eigenvalue weighted by molar-refractivity contribution is -0.262. The second-order valence-electron chi connectivity index (χ2n) is 4.52. The van der Waals surface area contributed by atoms with E-state index in [1.54, 1.807) is 0 Å². The highest BCUT2D eigenvalue weighted by Crippen LogP contribution is 2.25. The number of ether oxygens (including phenoxy) is 1. The van der Waals surface area contributed by atoms with Crippen LogP contribution in [0, 0.1) is 0 Å².